The molecule has 17 heavy (non-hydrogen) atoms. The van der Waals surface area contributed by atoms with Crippen LogP contribution in [-0.4, -0.2) is 28.3 Å². The number of nitrogens with one attached hydrogen (secondary N) is 2. The molecule has 0 saturated heterocycles. The number of amides is 1. The lowest BCUT2D eigenvalue weighted by atomic mass is 10.3. The van der Waals surface area contributed by atoms with Gasteiger partial charge in [0.15, 0.2) is 0 Å². The van der Waals surface area contributed by atoms with Crippen molar-refractivity contribution in [2.45, 2.75) is 33.4 Å². The molecule has 1 rings (SSSR count). The van der Waals surface area contributed by atoms with E-state index in [1.807, 2.05) is 32.5 Å². The molecule has 0 bridgehead atoms. The Balaban J connectivity index is 2.43. The third kappa shape index (κ3) is 4.12. The molecular formula is C11H19BrN4O. The quantitative estimate of drug-likeness (QED) is 0.856. The first kappa shape index (κ1) is 14.2. The summed E-state index contributed by atoms with van der Waals surface area (Å²) in [6.45, 7) is 6.76. The van der Waals surface area contributed by atoms with Crippen LogP contribution in [0.3, 0.4) is 0 Å². The molecule has 6 heteroatoms. The third-order valence-electron chi connectivity index (χ3n) is 2.29. The first-order valence-electron chi connectivity index (χ1n) is 5.60. The molecule has 1 amide bonds. The Morgan fingerprint density at radius 2 is 2.18 bits per heavy atom. The van der Waals surface area contributed by atoms with Crippen molar-refractivity contribution in [3.8, 4) is 0 Å². The topological polar surface area (TPSA) is 59.0 Å². The molecule has 0 fully saturated rings. The standard InChI is InChI=1S/C11H19BrN4O/c1-7(2)14-10(17)6-13-5-9-11(12)8(3)15-16(9)4/h7,13H,5-6H2,1-4H3,(H,14,17). The molecule has 96 valence electrons. The second kappa shape index (κ2) is 6.16. The van der Waals surface area contributed by atoms with Crippen LogP contribution < -0.4 is 10.6 Å². The molecule has 0 aliphatic rings. The van der Waals surface area contributed by atoms with E-state index in [1.54, 1.807) is 0 Å². The van der Waals surface area contributed by atoms with Crippen molar-refractivity contribution in [2.75, 3.05) is 6.54 Å². The predicted octanol–water partition coefficient (Wildman–Crippen LogP) is 1.11. The van der Waals surface area contributed by atoms with Gasteiger partial charge in [-0.05, 0) is 36.7 Å². The van der Waals surface area contributed by atoms with Crippen LogP contribution in [0.25, 0.3) is 0 Å². The van der Waals surface area contributed by atoms with Gasteiger partial charge in [0.25, 0.3) is 0 Å². The van der Waals surface area contributed by atoms with Gasteiger partial charge in [-0.1, -0.05) is 0 Å². The highest BCUT2D eigenvalue weighted by molar-refractivity contribution is 9.10. The average molecular weight is 303 g/mol. The number of hydrogen-bond donors (Lipinski definition) is 2. The maximum Gasteiger partial charge on any atom is 0.234 e. The Hall–Kier alpha value is -0.880. The number of aryl methyl sites for hydroxylation is 2. The zero-order valence-electron chi connectivity index (χ0n) is 10.7. The van der Waals surface area contributed by atoms with E-state index in [2.05, 4.69) is 31.7 Å². The Morgan fingerprint density at radius 1 is 1.53 bits per heavy atom. The van der Waals surface area contributed by atoms with E-state index in [1.165, 1.54) is 0 Å². The molecule has 0 aromatic carbocycles. The maximum atomic E-state index is 11.4. The van der Waals surface area contributed by atoms with E-state index in [9.17, 15) is 4.79 Å². The summed E-state index contributed by atoms with van der Waals surface area (Å²) < 4.78 is 2.81. The van der Waals surface area contributed by atoms with E-state index >= 15 is 0 Å². The summed E-state index contributed by atoms with van der Waals surface area (Å²) in [5, 5.41) is 10.2. The van der Waals surface area contributed by atoms with E-state index in [0.717, 1.165) is 15.9 Å². The molecule has 1 aromatic heterocycles. The van der Waals surface area contributed by atoms with Crippen molar-refractivity contribution < 1.29 is 4.79 Å². The van der Waals surface area contributed by atoms with Gasteiger partial charge in [-0.3, -0.25) is 9.48 Å². The Bertz CT molecular complexity index is 400. The molecule has 0 radical (unpaired) electrons. The number of nitrogens with zero attached hydrogens (tertiary/aromatic N) is 2. The normalized spacial score (nSPS) is 10.9. The minimum atomic E-state index is 0.00927. The molecule has 2 N–H and O–H groups in total. The predicted molar refractivity (Wildman–Crippen MR) is 70.6 cm³/mol. The SMILES string of the molecule is Cc1nn(C)c(CNCC(=O)NC(C)C)c1Br. The zero-order valence-corrected chi connectivity index (χ0v) is 12.3. The molecule has 0 spiro atoms. The Kier molecular flexibility index (Phi) is 5.14. The average Bonchev–Trinajstić information content (AvgIpc) is 2.43. The minimum Gasteiger partial charge on any atom is -0.353 e. The fourth-order valence-corrected chi connectivity index (χ4v) is 2.02. The fraction of sp³-hybridized carbons (Fsp3) is 0.636. The third-order valence-corrected chi connectivity index (χ3v) is 3.32. The summed E-state index contributed by atoms with van der Waals surface area (Å²) in [6.07, 6.45) is 0. The number of aromatic nitrogens is 2. The second-order valence-electron chi connectivity index (χ2n) is 4.30. The molecule has 0 atom stereocenters. The highest BCUT2D eigenvalue weighted by Gasteiger charge is 2.10. The lowest BCUT2D eigenvalue weighted by Crippen LogP contribution is -2.37. The molecule has 0 unspecified atom stereocenters. The first-order chi connectivity index (χ1) is 7.91. The molecule has 5 nitrogen and oxygen atoms in total. The van der Waals surface area contributed by atoms with Crippen LogP contribution in [0.5, 0.6) is 0 Å². The summed E-state index contributed by atoms with van der Waals surface area (Å²) in [6, 6.07) is 0.176. The summed E-state index contributed by atoms with van der Waals surface area (Å²) in [5.74, 6) is 0.00927. The number of rotatable bonds is 5. The van der Waals surface area contributed by atoms with Crippen LogP contribution in [0, 0.1) is 6.92 Å². The van der Waals surface area contributed by atoms with Gasteiger partial charge < -0.3 is 10.6 Å². The molecule has 0 aliphatic carbocycles. The number of hydrogen-bond acceptors (Lipinski definition) is 3. The first-order valence-corrected chi connectivity index (χ1v) is 6.39. The summed E-state index contributed by atoms with van der Waals surface area (Å²) in [4.78, 5) is 11.4. The fourth-order valence-electron chi connectivity index (χ4n) is 1.54. The molecule has 0 aliphatic heterocycles. The van der Waals surface area contributed by atoms with Gasteiger partial charge in [0.2, 0.25) is 5.91 Å². The smallest absolute Gasteiger partial charge is 0.234 e. The molecule has 1 aromatic rings. The van der Waals surface area contributed by atoms with Crippen molar-refractivity contribution in [2.24, 2.45) is 7.05 Å². The van der Waals surface area contributed by atoms with Crippen LogP contribution in [-0.2, 0) is 18.4 Å². The van der Waals surface area contributed by atoms with Crippen molar-refractivity contribution in [3.05, 3.63) is 15.9 Å². The zero-order chi connectivity index (χ0) is 13.0. The van der Waals surface area contributed by atoms with Gasteiger partial charge in [0, 0.05) is 19.6 Å². The van der Waals surface area contributed by atoms with E-state index in [0.29, 0.717) is 13.1 Å². The van der Waals surface area contributed by atoms with Gasteiger partial charge >= 0.3 is 0 Å². The van der Waals surface area contributed by atoms with E-state index in [4.69, 9.17) is 0 Å². The van der Waals surface area contributed by atoms with Gasteiger partial charge in [0.1, 0.15) is 0 Å². The summed E-state index contributed by atoms with van der Waals surface area (Å²) >= 11 is 3.48. The van der Waals surface area contributed by atoms with Crippen molar-refractivity contribution in [3.63, 3.8) is 0 Å². The van der Waals surface area contributed by atoms with Gasteiger partial charge in [0.05, 0.1) is 22.4 Å². The Morgan fingerprint density at radius 3 is 2.65 bits per heavy atom. The number of halogens is 1. The van der Waals surface area contributed by atoms with Crippen LogP contribution in [0.1, 0.15) is 25.2 Å². The van der Waals surface area contributed by atoms with Crippen molar-refractivity contribution >= 4 is 21.8 Å². The van der Waals surface area contributed by atoms with Crippen LogP contribution in [0.15, 0.2) is 4.47 Å². The van der Waals surface area contributed by atoms with E-state index in [-0.39, 0.29) is 11.9 Å². The largest absolute Gasteiger partial charge is 0.353 e. The van der Waals surface area contributed by atoms with Crippen LogP contribution >= 0.6 is 15.9 Å². The van der Waals surface area contributed by atoms with Crippen molar-refractivity contribution in [1.82, 2.24) is 20.4 Å². The summed E-state index contributed by atoms with van der Waals surface area (Å²) in [7, 11) is 1.89. The van der Waals surface area contributed by atoms with Gasteiger partial charge in [-0.15, -0.1) is 0 Å². The lowest BCUT2D eigenvalue weighted by Gasteiger charge is -2.09. The molecule has 1 heterocycles. The minimum absolute atomic E-state index is 0.00927. The highest BCUT2D eigenvalue weighted by Crippen LogP contribution is 2.19. The van der Waals surface area contributed by atoms with Crippen molar-refractivity contribution in [1.29, 1.82) is 0 Å². The summed E-state index contributed by atoms with van der Waals surface area (Å²) in [5.41, 5.74) is 2.00. The number of carbonyl (C=O) groups is 1. The Labute approximate surface area is 110 Å². The van der Waals surface area contributed by atoms with Crippen LogP contribution in [0.4, 0.5) is 0 Å². The van der Waals surface area contributed by atoms with Crippen LogP contribution in [0.2, 0.25) is 0 Å². The van der Waals surface area contributed by atoms with Gasteiger partial charge in [-0.2, -0.15) is 5.10 Å². The lowest BCUT2D eigenvalue weighted by molar-refractivity contribution is -0.120. The molecule has 0 saturated carbocycles. The van der Waals surface area contributed by atoms with E-state index < -0.39 is 0 Å². The monoisotopic (exact) mass is 302 g/mol. The number of carbonyl (C=O) groups excluding carboxylic acids is 1. The second-order valence-corrected chi connectivity index (χ2v) is 5.09. The van der Waals surface area contributed by atoms with Gasteiger partial charge in [-0.25, -0.2) is 0 Å². The highest BCUT2D eigenvalue weighted by atomic mass is 79.9. The maximum absolute atomic E-state index is 11.4. The molecular weight excluding hydrogens is 284 g/mol.